The first-order valence-electron chi connectivity index (χ1n) is 12.3. The van der Waals surface area contributed by atoms with Crippen molar-refractivity contribution in [2.24, 2.45) is 34.5 Å². The van der Waals surface area contributed by atoms with Gasteiger partial charge < -0.3 is 16.0 Å². The summed E-state index contributed by atoms with van der Waals surface area (Å²) in [7, 11) is 1.89. The number of nitrogens with one attached hydrogen (secondary N) is 1. The lowest BCUT2D eigenvalue weighted by molar-refractivity contribution is -0.136. The molecule has 2 unspecified atom stereocenters. The average Bonchev–Trinajstić information content (AvgIpc) is 3.07. The maximum Gasteiger partial charge on any atom is 0.226 e. The standard InChI is InChI=1S/C26H35ClN4O2/c1-25-11-9-18-16(14-19(27)24-26(18,2)12-10-23(33)31(24)3)17(25)8-7-15(25)13-22(32)30-21-6-4-5-20(28)29-21/h4-6,15-18H,7-14H2,1-3H3,(H3,28,29,30,32)/t15-,16?,17+,18?,25-,26-/m1/s1. The van der Waals surface area contributed by atoms with Crippen LogP contribution in [0.1, 0.15) is 65.2 Å². The maximum atomic E-state index is 12.9. The maximum absolute atomic E-state index is 12.9. The van der Waals surface area contributed by atoms with E-state index in [1.807, 2.05) is 11.9 Å². The lowest BCUT2D eigenvalue weighted by atomic mass is 9.49. The molecule has 0 bridgehead atoms. The average molecular weight is 471 g/mol. The molecule has 0 spiro atoms. The smallest absolute Gasteiger partial charge is 0.226 e. The van der Waals surface area contributed by atoms with Crippen LogP contribution in [0.5, 0.6) is 0 Å². The zero-order chi connectivity index (χ0) is 23.5. The number of carbonyl (C=O) groups excluding carboxylic acids is 2. The number of hydrogen-bond acceptors (Lipinski definition) is 4. The van der Waals surface area contributed by atoms with Gasteiger partial charge in [0, 0.05) is 36.0 Å². The van der Waals surface area contributed by atoms with Gasteiger partial charge >= 0.3 is 0 Å². The van der Waals surface area contributed by atoms with E-state index in [0.29, 0.717) is 48.1 Å². The Bertz CT molecular complexity index is 1030. The summed E-state index contributed by atoms with van der Waals surface area (Å²) >= 11 is 6.92. The predicted molar refractivity (Wildman–Crippen MR) is 130 cm³/mol. The van der Waals surface area contributed by atoms with Gasteiger partial charge in [0.25, 0.3) is 0 Å². The number of rotatable bonds is 3. The van der Waals surface area contributed by atoms with Gasteiger partial charge in [-0.05, 0) is 79.7 Å². The van der Waals surface area contributed by atoms with Crippen molar-refractivity contribution in [3.8, 4) is 0 Å². The zero-order valence-corrected chi connectivity index (χ0v) is 20.6. The molecule has 2 saturated carbocycles. The summed E-state index contributed by atoms with van der Waals surface area (Å²) in [5.41, 5.74) is 6.94. The molecule has 0 aromatic carbocycles. The third kappa shape index (κ3) is 3.56. The van der Waals surface area contributed by atoms with Crippen molar-refractivity contribution in [3.05, 3.63) is 28.9 Å². The van der Waals surface area contributed by atoms with E-state index < -0.39 is 0 Å². The van der Waals surface area contributed by atoms with Gasteiger partial charge in [0.1, 0.15) is 11.6 Å². The van der Waals surface area contributed by atoms with Crippen molar-refractivity contribution >= 4 is 35.1 Å². The van der Waals surface area contributed by atoms with E-state index in [-0.39, 0.29) is 22.6 Å². The topological polar surface area (TPSA) is 88.3 Å². The molecule has 7 heteroatoms. The van der Waals surface area contributed by atoms with Crippen LogP contribution < -0.4 is 11.1 Å². The van der Waals surface area contributed by atoms with Crippen LogP contribution in [-0.4, -0.2) is 28.7 Å². The van der Waals surface area contributed by atoms with Crippen molar-refractivity contribution in [2.45, 2.75) is 65.2 Å². The lowest BCUT2D eigenvalue weighted by Crippen LogP contribution is -2.54. The third-order valence-electron chi connectivity index (χ3n) is 9.70. The first-order valence-corrected chi connectivity index (χ1v) is 12.7. The molecule has 5 rings (SSSR count). The Morgan fingerprint density at radius 3 is 2.79 bits per heavy atom. The van der Waals surface area contributed by atoms with E-state index in [4.69, 9.17) is 17.3 Å². The minimum Gasteiger partial charge on any atom is -0.384 e. The molecule has 33 heavy (non-hydrogen) atoms. The summed E-state index contributed by atoms with van der Waals surface area (Å²) in [6.07, 6.45) is 7.37. The normalized spacial score (nSPS) is 37.9. The lowest BCUT2D eigenvalue weighted by Gasteiger charge is -2.59. The quantitative estimate of drug-likeness (QED) is 0.638. The Morgan fingerprint density at radius 1 is 1.24 bits per heavy atom. The highest BCUT2D eigenvalue weighted by molar-refractivity contribution is 6.30. The van der Waals surface area contributed by atoms with Gasteiger partial charge in [-0.3, -0.25) is 9.59 Å². The second-order valence-electron chi connectivity index (χ2n) is 11.2. The van der Waals surface area contributed by atoms with Gasteiger partial charge in [-0.15, -0.1) is 0 Å². The molecule has 3 N–H and O–H groups in total. The Labute approximate surface area is 201 Å². The summed E-state index contributed by atoms with van der Waals surface area (Å²) in [5, 5.41) is 3.82. The molecule has 1 saturated heterocycles. The van der Waals surface area contributed by atoms with Gasteiger partial charge in [-0.2, -0.15) is 0 Å². The van der Waals surface area contributed by atoms with E-state index >= 15 is 0 Å². The fourth-order valence-electron chi connectivity index (χ4n) is 8.06. The van der Waals surface area contributed by atoms with Crippen LogP contribution in [0.15, 0.2) is 28.9 Å². The Kier molecular flexibility index (Phi) is 5.50. The summed E-state index contributed by atoms with van der Waals surface area (Å²) in [4.78, 5) is 31.3. The summed E-state index contributed by atoms with van der Waals surface area (Å²) < 4.78 is 0. The van der Waals surface area contributed by atoms with Gasteiger partial charge in [0.2, 0.25) is 11.8 Å². The molecule has 3 fully saturated rings. The number of allylic oxidation sites excluding steroid dienone is 2. The number of hydrogen-bond donors (Lipinski definition) is 2. The molecule has 4 aliphatic rings. The second kappa shape index (κ2) is 8.00. The number of aromatic nitrogens is 1. The number of nitrogen functional groups attached to an aromatic ring is 1. The van der Waals surface area contributed by atoms with Gasteiger partial charge in [0.15, 0.2) is 0 Å². The van der Waals surface area contributed by atoms with Gasteiger partial charge in [0.05, 0.1) is 0 Å². The summed E-state index contributed by atoms with van der Waals surface area (Å²) in [6, 6.07) is 5.29. The van der Waals surface area contributed by atoms with E-state index in [9.17, 15) is 9.59 Å². The van der Waals surface area contributed by atoms with Crippen molar-refractivity contribution < 1.29 is 9.59 Å². The number of pyridine rings is 1. The molecular weight excluding hydrogens is 436 g/mol. The first-order chi connectivity index (χ1) is 15.6. The Morgan fingerprint density at radius 2 is 2.03 bits per heavy atom. The molecule has 178 valence electrons. The molecule has 3 aliphatic carbocycles. The van der Waals surface area contributed by atoms with E-state index in [2.05, 4.69) is 24.1 Å². The zero-order valence-electron chi connectivity index (χ0n) is 19.9. The van der Waals surface area contributed by atoms with Crippen molar-refractivity contribution in [2.75, 3.05) is 18.1 Å². The molecule has 6 nitrogen and oxygen atoms in total. The van der Waals surface area contributed by atoms with Crippen LogP contribution in [0.4, 0.5) is 11.6 Å². The Balaban J connectivity index is 1.35. The van der Waals surface area contributed by atoms with Crippen LogP contribution in [0.3, 0.4) is 0 Å². The van der Waals surface area contributed by atoms with Crippen LogP contribution in [-0.2, 0) is 9.59 Å². The number of likely N-dealkylation sites (tertiary alicyclic amines) is 1. The number of fused-ring (bicyclic) bond motifs is 5. The fourth-order valence-corrected chi connectivity index (χ4v) is 8.58. The van der Waals surface area contributed by atoms with E-state index in [1.54, 1.807) is 18.2 Å². The largest absolute Gasteiger partial charge is 0.384 e. The van der Waals surface area contributed by atoms with Crippen LogP contribution >= 0.6 is 11.6 Å². The highest BCUT2D eigenvalue weighted by atomic mass is 35.5. The van der Waals surface area contributed by atoms with E-state index in [0.717, 1.165) is 49.3 Å². The van der Waals surface area contributed by atoms with Crippen LogP contribution in [0, 0.1) is 34.5 Å². The highest BCUT2D eigenvalue weighted by Gasteiger charge is 2.60. The SMILES string of the molecule is CN1C(=O)CC[C@@]2(C)C1=C(Cl)CC1C2CC[C@]2(C)[C@@H](CC(=O)Nc3cccc(N)n3)CC[C@@H]12. The van der Waals surface area contributed by atoms with Crippen LogP contribution in [0.2, 0.25) is 0 Å². The first kappa shape index (κ1) is 22.7. The summed E-state index contributed by atoms with van der Waals surface area (Å²) in [6.45, 7) is 4.75. The third-order valence-corrected chi connectivity index (χ3v) is 10.0. The van der Waals surface area contributed by atoms with Crippen molar-refractivity contribution in [1.82, 2.24) is 9.88 Å². The van der Waals surface area contributed by atoms with Crippen molar-refractivity contribution in [3.63, 3.8) is 0 Å². The molecule has 1 aromatic rings. The Hall–Kier alpha value is -2.08. The molecule has 6 atom stereocenters. The number of nitrogens with zero attached hydrogens (tertiary/aromatic N) is 2. The molecular formula is C26H35ClN4O2. The monoisotopic (exact) mass is 470 g/mol. The number of carbonyl (C=O) groups is 2. The number of nitrogens with two attached hydrogens (primary N) is 1. The molecule has 2 heterocycles. The number of halogens is 1. The minimum absolute atomic E-state index is 0.0188. The predicted octanol–water partition coefficient (Wildman–Crippen LogP) is 5.16. The molecule has 1 aromatic heterocycles. The molecule has 2 amide bonds. The summed E-state index contributed by atoms with van der Waals surface area (Å²) in [5.74, 6) is 3.12. The minimum atomic E-state index is -0.0294. The van der Waals surface area contributed by atoms with Crippen LogP contribution in [0.25, 0.3) is 0 Å². The molecule has 1 aliphatic heterocycles. The van der Waals surface area contributed by atoms with Gasteiger partial charge in [-0.25, -0.2) is 4.98 Å². The van der Waals surface area contributed by atoms with Gasteiger partial charge in [-0.1, -0.05) is 31.5 Å². The van der Waals surface area contributed by atoms with Crippen molar-refractivity contribution in [1.29, 1.82) is 0 Å². The number of piperidine rings is 1. The van der Waals surface area contributed by atoms with E-state index in [1.165, 1.54) is 0 Å². The fraction of sp³-hybridized carbons (Fsp3) is 0.654. The number of amides is 2. The highest BCUT2D eigenvalue weighted by Crippen LogP contribution is 2.67. The second-order valence-corrected chi connectivity index (χ2v) is 11.7. The molecule has 0 radical (unpaired) electrons. The number of anilines is 2.